The normalized spacial score (nSPS) is 10.9. The Kier molecular flexibility index (Phi) is 4.05. The van der Waals surface area contributed by atoms with Gasteiger partial charge in [0.1, 0.15) is 10.7 Å². The summed E-state index contributed by atoms with van der Waals surface area (Å²) in [6, 6.07) is 9.89. The SMILES string of the molecule is Cc1nn(-c2ccccc2)c(Cl)c1CSc1nncs1. The summed E-state index contributed by atoms with van der Waals surface area (Å²) >= 11 is 9.61. The maximum atomic E-state index is 6.46. The van der Waals surface area contributed by atoms with Gasteiger partial charge in [-0.05, 0) is 19.1 Å². The van der Waals surface area contributed by atoms with E-state index in [2.05, 4.69) is 15.3 Å². The molecule has 0 saturated carbocycles. The van der Waals surface area contributed by atoms with Crippen LogP contribution in [0.25, 0.3) is 5.69 Å². The van der Waals surface area contributed by atoms with E-state index in [-0.39, 0.29) is 0 Å². The number of aromatic nitrogens is 4. The highest BCUT2D eigenvalue weighted by Crippen LogP contribution is 2.30. The van der Waals surface area contributed by atoms with Gasteiger partial charge in [-0.1, -0.05) is 52.9 Å². The average Bonchev–Trinajstić information content (AvgIpc) is 3.07. The van der Waals surface area contributed by atoms with Crippen molar-refractivity contribution in [3.05, 3.63) is 52.3 Å². The second-order valence-electron chi connectivity index (χ2n) is 4.10. The van der Waals surface area contributed by atoms with Gasteiger partial charge in [-0.2, -0.15) is 5.10 Å². The summed E-state index contributed by atoms with van der Waals surface area (Å²) in [6.45, 7) is 1.97. The molecule has 2 heterocycles. The van der Waals surface area contributed by atoms with Crippen LogP contribution >= 0.6 is 34.7 Å². The lowest BCUT2D eigenvalue weighted by atomic mass is 10.3. The Hall–Kier alpha value is -1.37. The van der Waals surface area contributed by atoms with Gasteiger partial charge in [0.2, 0.25) is 0 Å². The third-order valence-electron chi connectivity index (χ3n) is 2.80. The highest BCUT2D eigenvalue weighted by molar-refractivity contribution is 8.00. The van der Waals surface area contributed by atoms with Crippen LogP contribution in [0.2, 0.25) is 5.15 Å². The van der Waals surface area contributed by atoms with Crippen molar-refractivity contribution in [3.8, 4) is 5.69 Å². The zero-order chi connectivity index (χ0) is 13.9. The molecule has 0 radical (unpaired) electrons. The number of para-hydroxylation sites is 1. The molecule has 0 fully saturated rings. The van der Waals surface area contributed by atoms with E-state index < -0.39 is 0 Å². The van der Waals surface area contributed by atoms with Gasteiger partial charge in [0.05, 0.1) is 11.4 Å². The van der Waals surface area contributed by atoms with Gasteiger partial charge >= 0.3 is 0 Å². The van der Waals surface area contributed by atoms with Crippen LogP contribution in [0.3, 0.4) is 0 Å². The summed E-state index contributed by atoms with van der Waals surface area (Å²) in [5.74, 6) is 0.743. The van der Waals surface area contributed by atoms with Crippen molar-refractivity contribution in [1.82, 2.24) is 20.0 Å². The molecule has 3 aromatic rings. The lowest BCUT2D eigenvalue weighted by molar-refractivity contribution is 0.863. The molecule has 102 valence electrons. The fourth-order valence-electron chi connectivity index (χ4n) is 1.80. The summed E-state index contributed by atoms with van der Waals surface area (Å²) in [6.07, 6.45) is 0. The minimum Gasteiger partial charge on any atom is -0.222 e. The van der Waals surface area contributed by atoms with Gasteiger partial charge in [-0.15, -0.1) is 10.2 Å². The van der Waals surface area contributed by atoms with E-state index in [1.54, 1.807) is 22.0 Å². The van der Waals surface area contributed by atoms with Crippen LogP contribution in [0.4, 0.5) is 0 Å². The van der Waals surface area contributed by atoms with E-state index in [1.165, 1.54) is 11.3 Å². The van der Waals surface area contributed by atoms with Crippen molar-refractivity contribution >= 4 is 34.7 Å². The second-order valence-corrected chi connectivity index (χ2v) is 6.51. The molecular weight excluding hydrogens is 312 g/mol. The fourth-order valence-corrected chi connectivity index (χ4v) is 3.79. The molecule has 7 heteroatoms. The molecule has 3 rings (SSSR count). The molecule has 0 aliphatic heterocycles. The Balaban J connectivity index is 1.87. The van der Waals surface area contributed by atoms with Crippen molar-refractivity contribution < 1.29 is 0 Å². The highest BCUT2D eigenvalue weighted by Gasteiger charge is 2.15. The maximum Gasteiger partial charge on any atom is 0.174 e. The number of halogens is 1. The highest BCUT2D eigenvalue weighted by atomic mass is 35.5. The topological polar surface area (TPSA) is 43.6 Å². The number of aryl methyl sites for hydroxylation is 1. The minimum absolute atomic E-state index is 0.658. The zero-order valence-electron chi connectivity index (χ0n) is 10.7. The van der Waals surface area contributed by atoms with E-state index >= 15 is 0 Å². The number of thioether (sulfide) groups is 1. The first-order valence-corrected chi connectivity index (χ1v) is 8.18. The van der Waals surface area contributed by atoms with Gasteiger partial charge in [0, 0.05) is 11.3 Å². The first-order chi connectivity index (χ1) is 9.75. The molecule has 0 bridgehead atoms. The van der Waals surface area contributed by atoms with Crippen molar-refractivity contribution in [3.63, 3.8) is 0 Å². The molecule has 20 heavy (non-hydrogen) atoms. The minimum atomic E-state index is 0.658. The van der Waals surface area contributed by atoms with E-state index in [9.17, 15) is 0 Å². The molecular formula is C13H11ClN4S2. The molecule has 0 amide bonds. The third-order valence-corrected chi connectivity index (χ3v) is 5.08. The smallest absolute Gasteiger partial charge is 0.174 e. The molecule has 2 aromatic heterocycles. The zero-order valence-corrected chi connectivity index (χ0v) is 13.0. The number of hydrogen-bond donors (Lipinski definition) is 0. The van der Waals surface area contributed by atoms with Crippen LogP contribution < -0.4 is 0 Å². The van der Waals surface area contributed by atoms with Gasteiger partial charge in [0.25, 0.3) is 0 Å². The molecule has 0 saturated heterocycles. The van der Waals surface area contributed by atoms with Crippen molar-refractivity contribution in [1.29, 1.82) is 0 Å². The van der Waals surface area contributed by atoms with Crippen LogP contribution in [0.15, 0.2) is 40.2 Å². The maximum absolute atomic E-state index is 6.46. The van der Waals surface area contributed by atoms with Crippen LogP contribution in [-0.4, -0.2) is 20.0 Å². The lowest BCUT2D eigenvalue weighted by Gasteiger charge is -2.02. The van der Waals surface area contributed by atoms with Crippen LogP contribution in [-0.2, 0) is 5.75 Å². The Bertz CT molecular complexity index is 695. The number of benzene rings is 1. The molecule has 0 aliphatic rings. The van der Waals surface area contributed by atoms with E-state index in [0.717, 1.165) is 27.0 Å². The quantitative estimate of drug-likeness (QED) is 0.681. The largest absolute Gasteiger partial charge is 0.222 e. The predicted octanol–water partition coefficient (Wildman–Crippen LogP) is 3.98. The van der Waals surface area contributed by atoms with Crippen LogP contribution in [0.5, 0.6) is 0 Å². The Morgan fingerprint density at radius 1 is 1.30 bits per heavy atom. The Morgan fingerprint density at radius 2 is 2.10 bits per heavy atom. The molecule has 0 N–H and O–H groups in total. The summed E-state index contributed by atoms with van der Waals surface area (Å²) < 4.78 is 2.71. The van der Waals surface area contributed by atoms with Gasteiger partial charge < -0.3 is 0 Å². The molecule has 0 atom stereocenters. The average molecular weight is 323 g/mol. The molecule has 0 unspecified atom stereocenters. The number of rotatable bonds is 4. The third kappa shape index (κ3) is 2.72. The molecule has 4 nitrogen and oxygen atoms in total. The summed E-state index contributed by atoms with van der Waals surface area (Å²) in [5, 5.41) is 13.0. The summed E-state index contributed by atoms with van der Waals surface area (Å²) in [5.41, 5.74) is 4.67. The first kappa shape index (κ1) is 13.6. The molecule has 0 aliphatic carbocycles. The summed E-state index contributed by atoms with van der Waals surface area (Å²) in [7, 11) is 0. The Labute approximate surface area is 129 Å². The standard InChI is InChI=1S/C13H11ClN4S2/c1-9-11(7-19-13-16-15-8-20-13)12(14)18(17-9)10-5-3-2-4-6-10/h2-6,8H,7H2,1H3. The monoisotopic (exact) mass is 322 g/mol. The molecule has 0 spiro atoms. The predicted molar refractivity (Wildman–Crippen MR) is 82.8 cm³/mol. The van der Waals surface area contributed by atoms with E-state index in [4.69, 9.17) is 11.6 Å². The lowest BCUT2D eigenvalue weighted by Crippen LogP contribution is -1.95. The Morgan fingerprint density at radius 3 is 2.80 bits per heavy atom. The number of hydrogen-bond acceptors (Lipinski definition) is 5. The van der Waals surface area contributed by atoms with Crippen molar-refractivity contribution in [2.45, 2.75) is 17.0 Å². The summed E-state index contributed by atoms with van der Waals surface area (Å²) in [4.78, 5) is 0. The number of nitrogens with zero attached hydrogens (tertiary/aromatic N) is 4. The van der Waals surface area contributed by atoms with Crippen molar-refractivity contribution in [2.24, 2.45) is 0 Å². The van der Waals surface area contributed by atoms with Gasteiger partial charge in [-0.25, -0.2) is 4.68 Å². The van der Waals surface area contributed by atoms with Crippen LogP contribution in [0.1, 0.15) is 11.3 Å². The van der Waals surface area contributed by atoms with Gasteiger partial charge in [-0.3, -0.25) is 0 Å². The fraction of sp³-hybridized carbons (Fsp3) is 0.154. The van der Waals surface area contributed by atoms with Crippen LogP contribution in [0, 0.1) is 6.92 Å². The van der Waals surface area contributed by atoms with Gasteiger partial charge in [0.15, 0.2) is 4.34 Å². The van der Waals surface area contributed by atoms with E-state index in [0.29, 0.717) is 5.15 Å². The molecule has 1 aromatic carbocycles. The van der Waals surface area contributed by atoms with E-state index in [1.807, 2.05) is 37.3 Å². The first-order valence-electron chi connectivity index (χ1n) is 5.94. The second kappa shape index (κ2) is 5.95. The van der Waals surface area contributed by atoms with Crippen molar-refractivity contribution in [2.75, 3.05) is 0 Å².